The lowest BCUT2D eigenvalue weighted by atomic mass is 10.1. The van der Waals surface area contributed by atoms with Gasteiger partial charge in [-0.05, 0) is 55.0 Å². The first-order valence-electron chi connectivity index (χ1n) is 10.2. The van der Waals surface area contributed by atoms with Gasteiger partial charge in [0.15, 0.2) is 0 Å². The average Bonchev–Trinajstić information content (AvgIpc) is 3.50. The van der Waals surface area contributed by atoms with Gasteiger partial charge in [-0.3, -0.25) is 4.79 Å². The second kappa shape index (κ2) is 8.46. The summed E-state index contributed by atoms with van der Waals surface area (Å²) in [6.45, 7) is 1.89. The predicted octanol–water partition coefficient (Wildman–Crippen LogP) is 5.44. The molecule has 0 aliphatic heterocycles. The summed E-state index contributed by atoms with van der Waals surface area (Å²) in [5.74, 6) is 0.178. The van der Waals surface area contributed by atoms with Crippen molar-refractivity contribution < 1.29 is 9.18 Å². The third-order valence-electron chi connectivity index (χ3n) is 5.44. The molecule has 0 aliphatic carbocycles. The third kappa shape index (κ3) is 4.03. The zero-order valence-electron chi connectivity index (χ0n) is 17.8. The number of carbonyl (C=O) groups is 1. The van der Waals surface area contributed by atoms with Gasteiger partial charge in [0.1, 0.15) is 22.5 Å². The van der Waals surface area contributed by atoms with Crippen LogP contribution < -0.4 is 5.32 Å². The van der Waals surface area contributed by atoms with Gasteiger partial charge in [0.05, 0.1) is 16.3 Å². The van der Waals surface area contributed by atoms with E-state index in [4.69, 9.17) is 11.6 Å². The molecule has 3 heterocycles. The number of benzene rings is 2. The Morgan fingerprint density at radius 1 is 1.15 bits per heavy atom. The summed E-state index contributed by atoms with van der Waals surface area (Å²) in [7, 11) is 1.89. The smallest absolute Gasteiger partial charge is 0.262 e. The van der Waals surface area contributed by atoms with Crippen LogP contribution in [0.5, 0.6) is 0 Å². The largest absolute Gasteiger partial charge is 0.337 e. The maximum absolute atomic E-state index is 13.4. The number of rotatable bonds is 5. The highest BCUT2D eigenvalue weighted by Gasteiger charge is 2.24. The first-order chi connectivity index (χ1) is 15.9. The molecule has 1 unspecified atom stereocenters. The molecular formula is C24H19ClFN5OS. The maximum Gasteiger partial charge on any atom is 0.262 e. The van der Waals surface area contributed by atoms with Crippen LogP contribution in [0.15, 0.2) is 67.0 Å². The van der Waals surface area contributed by atoms with E-state index in [0.717, 1.165) is 27.2 Å². The van der Waals surface area contributed by atoms with Gasteiger partial charge < -0.3 is 9.88 Å². The first-order valence-corrected chi connectivity index (χ1v) is 11.4. The van der Waals surface area contributed by atoms with Crippen LogP contribution in [0.3, 0.4) is 0 Å². The summed E-state index contributed by atoms with van der Waals surface area (Å²) >= 11 is 7.40. The van der Waals surface area contributed by atoms with E-state index in [1.165, 1.54) is 23.5 Å². The van der Waals surface area contributed by atoms with Crippen molar-refractivity contribution in [1.29, 1.82) is 0 Å². The van der Waals surface area contributed by atoms with Crippen molar-refractivity contribution in [3.05, 3.63) is 99.8 Å². The Hall–Kier alpha value is -3.49. The zero-order valence-corrected chi connectivity index (χ0v) is 19.4. The van der Waals surface area contributed by atoms with Crippen LogP contribution in [0.25, 0.3) is 15.9 Å². The number of thiophene rings is 1. The summed E-state index contributed by atoms with van der Waals surface area (Å²) in [6.07, 6.45) is 3.54. The number of aryl methyl sites for hydroxylation is 2. The molecule has 5 rings (SSSR count). The first kappa shape index (κ1) is 21.4. The number of halogens is 2. The number of hydrogen-bond donors (Lipinski definition) is 1. The second-order valence-electron chi connectivity index (χ2n) is 7.66. The molecule has 1 amide bonds. The van der Waals surface area contributed by atoms with E-state index >= 15 is 0 Å². The van der Waals surface area contributed by atoms with Crippen LogP contribution in [-0.4, -0.2) is 25.2 Å². The van der Waals surface area contributed by atoms with Crippen molar-refractivity contribution in [2.45, 2.75) is 13.0 Å². The molecule has 33 heavy (non-hydrogen) atoms. The lowest BCUT2D eigenvalue weighted by Gasteiger charge is -2.19. The number of carbonyl (C=O) groups excluding carboxylic acids is 1. The fraction of sp³-hybridized carbons (Fsp3) is 0.125. The molecule has 1 atom stereocenters. The molecule has 5 aromatic rings. The molecule has 0 fully saturated rings. The van der Waals surface area contributed by atoms with Crippen LogP contribution in [0.2, 0.25) is 5.02 Å². The van der Waals surface area contributed by atoms with E-state index in [9.17, 15) is 9.18 Å². The van der Waals surface area contributed by atoms with Crippen molar-refractivity contribution in [3.63, 3.8) is 0 Å². The molecule has 3 aromatic heterocycles. The zero-order chi connectivity index (χ0) is 23.1. The van der Waals surface area contributed by atoms with E-state index < -0.39 is 6.04 Å². The fourth-order valence-electron chi connectivity index (χ4n) is 3.73. The lowest BCUT2D eigenvalue weighted by Crippen LogP contribution is -2.30. The van der Waals surface area contributed by atoms with Crippen molar-refractivity contribution in [2.75, 3.05) is 0 Å². The summed E-state index contributed by atoms with van der Waals surface area (Å²) < 4.78 is 17.0. The SMILES string of the molecule is Cc1nn(-c2ccc(F)cc2)c2sc(C(=O)NC(c3ccc(Cl)cc3)c3nccn3C)cc12. The maximum atomic E-state index is 13.4. The van der Waals surface area contributed by atoms with Crippen molar-refractivity contribution in [2.24, 2.45) is 7.05 Å². The van der Waals surface area contributed by atoms with E-state index in [1.54, 1.807) is 35.1 Å². The number of fused-ring (bicyclic) bond motifs is 1. The average molecular weight is 480 g/mol. The molecular weight excluding hydrogens is 461 g/mol. The van der Waals surface area contributed by atoms with Gasteiger partial charge in [-0.1, -0.05) is 23.7 Å². The lowest BCUT2D eigenvalue weighted by molar-refractivity contribution is 0.0945. The van der Waals surface area contributed by atoms with Gasteiger partial charge in [0, 0.05) is 29.9 Å². The molecule has 1 N–H and O–H groups in total. The Balaban J connectivity index is 1.51. The fourth-order valence-corrected chi connectivity index (χ4v) is 4.94. The Bertz CT molecular complexity index is 1450. The van der Waals surface area contributed by atoms with Gasteiger partial charge in [0.2, 0.25) is 0 Å². The molecule has 0 saturated carbocycles. The number of aromatic nitrogens is 4. The number of hydrogen-bond acceptors (Lipinski definition) is 4. The van der Waals surface area contributed by atoms with Gasteiger partial charge >= 0.3 is 0 Å². The minimum absolute atomic E-state index is 0.218. The summed E-state index contributed by atoms with van der Waals surface area (Å²) in [4.78, 5) is 19.1. The molecule has 2 aromatic carbocycles. The summed E-state index contributed by atoms with van der Waals surface area (Å²) in [5.41, 5.74) is 2.40. The molecule has 166 valence electrons. The molecule has 0 radical (unpaired) electrons. The molecule has 0 bridgehead atoms. The molecule has 6 nitrogen and oxygen atoms in total. The minimum Gasteiger partial charge on any atom is -0.337 e. The van der Waals surface area contributed by atoms with Gasteiger partial charge in [-0.25, -0.2) is 14.1 Å². The Labute approximate surface area is 198 Å². The summed E-state index contributed by atoms with van der Waals surface area (Å²) in [6, 6.07) is 14.8. The van der Waals surface area contributed by atoms with Crippen LogP contribution >= 0.6 is 22.9 Å². The topological polar surface area (TPSA) is 64.7 Å². The van der Waals surface area contributed by atoms with E-state index in [2.05, 4.69) is 15.4 Å². The van der Waals surface area contributed by atoms with E-state index in [0.29, 0.717) is 15.7 Å². The van der Waals surface area contributed by atoms with E-state index in [-0.39, 0.29) is 11.7 Å². The number of nitrogens with zero attached hydrogens (tertiary/aromatic N) is 4. The minimum atomic E-state index is -0.449. The van der Waals surface area contributed by atoms with Gasteiger partial charge in [-0.2, -0.15) is 5.10 Å². The van der Waals surface area contributed by atoms with Crippen LogP contribution in [0, 0.1) is 12.7 Å². The highest BCUT2D eigenvalue weighted by Crippen LogP contribution is 2.31. The highest BCUT2D eigenvalue weighted by atomic mass is 35.5. The molecule has 0 saturated heterocycles. The van der Waals surface area contributed by atoms with Crippen LogP contribution in [0.1, 0.15) is 32.8 Å². The second-order valence-corrected chi connectivity index (χ2v) is 9.12. The van der Waals surface area contributed by atoms with Crippen LogP contribution in [0.4, 0.5) is 4.39 Å². The third-order valence-corrected chi connectivity index (χ3v) is 6.80. The van der Waals surface area contributed by atoms with Crippen LogP contribution in [-0.2, 0) is 7.05 Å². The Morgan fingerprint density at radius 3 is 2.55 bits per heavy atom. The molecule has 0 spiro atoms. The van der Waals surface area contributed by atoms with Crippen molar-refractivity contribution in [3.8, 4) is 5.69 Å². The molecule has 9 heteroatoms. The molecule has 0 aliphatic rings. The number of nitrogens with one attached hydrogen (secondary N) is 1. The quantitative estimate of drug-likeness (QED) is 0.365. The predicted molar refractivity (Wildman–Crippen MR) is 128 cm³/mol. The van der Waals surface area contributed by atoms with Crippen molar-refractivity contribution in [1.82, 2.24) is 24.6 Å². The Morgan fingerprint density at radius 2 is 1.88 bits per heavy atom. The van der Waals surface area contributed by atoms with Crippen molar-refractivity contribution >= 4 is 39.1 Å². The highest BCUT2D eigenvalue weighted by molar-refractivity contribution is 7.20. The number of amides is 1. The standard InChI is InChI=1S/C24H19ClFN5OS/c1-14-19-13-20(33-24(19)31(29-14)18-9-7-17(26)8-10-18)23(32)28-21(22-27-11-12-30(22)2)15-3-5-16(25)6-4-15/h3-13,21H,1-2H3,(H,28,32). The monoisotopic (exact) mass is 479 g/mol. The normalized spacial score (nSPS) is 12.2. The van der Waals surface area contributed by atoms with Gasteiger partial charge in [-0.15, -0.1) is 11.3 Å². The van der Waals surface area contributed by atoms with E-state index in [1.807, 2.05) is 42.9 Å². The summed E-state index contributed by atoms with van der Waals surface area (Å²) in [5, 5.41) is 9.18. The Kier molecular flexibility index (Phi) is 5.47. The van der Waals surface area contributed by atoms with Gasteiger partial charge in [0.25, 0.3) is 5.91 Å². The number of imidazole rings is 1.